The van der Waals surface area contributed by atoms with Gasteiger partial charge in [0.25, 0.3) is 0 Å². The second-order valence-corrected chi connectivity index (χ2v) is 19.9. The lowest BCUT2D eigenvalue weighted by Crippen LogP contribution is -2.48. The zero-order chi connectivity index (χ0) is 24.3. The van der Waals surface area contributed by atoms with Crippen molar-refractivity contribution in [1.82, 2.24) is 0 Å². The molecule has 1 rings (SSSR count). The van der Waals surface area contributed by atoms with Gasteiger partial charge in [-0.1, -0.05) is 33.4 Å². The highest BCUT2D eigenvalue weighted by molar-refractivity contribution is 8.65. The molecule has 1 aromatic carbocycles. The number of hydrogen-bond donors (Lipinski definition) is 4. The van der Waals surface area contributed by atoms with Gasteiger partial charge in [-0.2, -0.15) is 0 Å². The Hall–Kier alpha value is 0.150. The van der Waals surface area contributed by atoms with Crippen LogP contribution in [0.15, 0.2) is 24.3 Å². The van der Waals surface area contributed by atoms with E-state index in [2.05, 4.69) is 31.3 Å². The Balaban J connectivity index is -0.000000473. The van der Waals surface area contributed by atoms with E-state index in [0.717, 1.165) is 5.56 Å². The standard InChI is InChI=1S/C10H14NO5P.C7H15NO.CH4.H6P4/c1-7(12)10(11)6-8-2-4-9(5-3-8)16-17(13,14)15;1-5(2)7(4,8)6(3)9;;1-4(2)3/h2-5,10H,6,11H2,1H3,(H2,13,14,15);5H,8H2,1-4H3;1H4;1-3H2/t10-;7-;;/m00../s1. The number of carbonyl (C=O) groups is 2. The van der Waals surface area contributed by atoms with E-state index in [1.165, 1.54) is 26.0 Å². The van der Waals surface area contributed by atoms with Crippen LogP contribution in [0.4, 0.5) is 0 Å². The first-order chi connectivity index (χ1) is 13.4. The molecule has 182 valence electrons. The molecule has 3 unspecified atom stereocenters. The van der Waals surface area contributed by atoms with Gasteiger partial charge in [0.1, 0.15) is 17.3 Å². The lowest BCUT2D eigenvalue weighted by Gasteiger charge is -2.25. The van der Waals surface area contributed by atoms with Gasteiger partial charge in [0.15, 0.2) is 0 Å². The third-order valence-electron chi connectivity index (χ3n) is 4.08. The van der Waals surface area contributed by atoms with E-state index in [9.17, 15) is 14.2 Å². The molecule has 0 amide bonds. The molecule has 5 atom stereocenters. The summed E-state index contributed by atoms with van der Waals surface area (Å²) in [5.41, 5.74) is 11.4. The molecule has 0 aliphatic heterocycles. The van der Waals surface area contributed by atoms with Gasteiger partial charge >= 0.3 is 7.82 Å². The lowest BCUT2D eigenvalue weighted by molar-refractivity contribution is -0.122. The van der Waals surface area contributed by atoms with Crippen molar-refractivity contribution in [2.75, 3.05) is 0 Å². The Morgan fingerprint density at radius 2 is 1.55 bits per heavy atom. The molecular weight excluding hydrogens is 495 g/mol. The van der Waals surface area contributed by atoms with Crippen LogP contribution in [-0.4, -0.2) is 32.9 Å². The molecule has 8 nitrogen and oxygen atoms in total. The minimum atomic E-state index is -4.52. The van der Waals surface area contributed by atoms with Gasteiger partial charge in [0.2, 0.25) is 0 Å². The summed E-state index contributed by atoms with van der Waals surface area (Å²) in [4.78, 5) is 38.9. The average Bonchev–Trinajstić information content (AvgIpc) is 2.55. The van der Waals surface area contributed by atoms with Crippen molar-refractivity contribution in [2.24, 2.45) is 17.4 Å². The van der Waals surface area contributed by atoms with Crippen molar-refractivity contribution >= 4 is 53.2 Å². The van der Waals surface area contributed by atoms with Crippen molar-refractivity contribution in [3.8, 4) is 5.75 Å². The second kappa shape index (κ2) is 16.7. The fourth-order valence-corrected chi connectivity index (χ4v) is 2.02. The van der Waals surface area contributed by atoms with E-state index < -0.39 is 19.4 Å². The molecular formula is C18H39N2O6P5. The van der Waals surface area contributed by atoms with Gasteiger partial charge in [0, 0.05) is 0 Å². The van der Waals surface area contributed by atoms with Gasteiger partial charge in [0.05, 0.1) is 11.6 Å². The molecule has 0 bridgehead atoms. The van der Waals surface area contributed by atoms with Crippen molar-refractivity contribution in [2.45, 2.75) is 60.0 Å². The quantitative estimate of drug-likeness (QED) is 0.383. The zero-order valence-corrected chi connectivity index (χ0v) is 23.2. The SMILES string of the molecule is C.CC(=O)[C@@H](N)Cc1ccc(OP(=O)(O)O)cc1.CC(=O)[C@@](C)(N)C(C)C.PP(P)P. The third-order valence-corrected chi connectivity index (χ3v) is 4.53. The molecule has 6 N–H and O–H groups in total. The maximum atomic E-state index is 10.9. The lowest BCUT2D eigenvalue weighted by atomic mass is 9.86. The molecule has 31 heavy (non-hydrogen) atoms. The number of Topliss-reactive ketones (excluding diaryl/α,β-unsaturated/α-hetero) is 2. The van der Waals surface area contributed by atoms with E-state index in [0.29, 0.717) is 6.42 Å². The maximum absolute atomic E-state index is 10.9. The summed E-state index contributed by atoms with van der Waals surface area (Å²) in [5, 5.41) is 0. The first-order valence-electron chi connectivity index (χ1n) is 8.84. The molecule has 0 saturated heterocycles. The first-order valence-corrected chi connectivity index (χ1v) is 16.6. The minimum absolute atomic E-state index is 0. The zero-order valence-electron chi connectivity index (χ0n) is 18.0. The predicted octanol–water partition coefficient (Wildman–Crippen LogP) is 4.04. The number of benzene rings is 1. The highest BCUT2D eigenvalue weighted by Gasteiger charge is 2.27. The highest BCUT2D eigenvalue weighted by atomic mass is 32.7. The highest BCUT2D eigenvalue weighted by Crippen LogP contribution is 2.59. The smallest absolute Gasteiger partial charge is 0.404 e. The summed E-state index contributed by atoms with van der Waals surface area (Å²) < 4.78 is 14.9. The molecule has 0 spiro atoms. The molecule has 0 radical (unpaired) electrons. The van der Waals surface area contributed by atoms with Crippen LogP contribution in [-0.2, 0) is 20.6 Å². The van der Waals surface area contributed by atoms with E-state index in [1.54, 1.807) is 19.1 Å². The molecule has 1 aromatic rings. The number of phosphoric acid groups is 1. The van der Waals surface area contributed by atoms with Crippen molar-refractivity contribution in [3.05, 3.63) is 29.8 Å². The van der Waals surface area contributed by atoms with Gasteiger partial charge in [-0.3, -0.25) is 19.4 Å². The molecule has 0 saturated carbocycles. The number of ketones is 2. The van der Waals surface area contributed by atoms with E-state index in [4.69, 9.17) is 21.3 Å². The van der Waals surface area contributed by atoms with Crippen molar-refractivity contribution in [3.63, 3.8) is 0 Å². The first kappa shape index (κ1) is 35.7. The van der Waals surface area contributed by atoms with Crippen LogP contribution in [0.2, 0.25) is 0 Å². The van der Waals surface area contributed by atoms with E-state index in [-0.39, 0.29) is 37.6 Å². The molecule has 0 aliphatic carbocycles. The summed E-state index contributed by atoms with van der Waals surface area (Å²) in [6.45, 7) is 8.73. The fraction of sp³-hybridized carbons (Fsp3) is 0.556. The molecule has 0 aliphatic rings. The Morgan fingerprint density at radius 3 is 1.77 bits per heavy atom. The van der Waals surface area contributed by atoms with Crippen molar-refractivity contribution in [1.29, 1.82) is 0 Å². The number of carbonyl (C=O) groups excluding carboxylic acids is 2. The number of phosphoric ester groups is 1. The number of hydrogen-bond acceptors (Lipinski definition) is 6. The number of nitrogens with two attached hydrogens (primary N) is 2. The molecule has 13 heteroatoms. The largest absolute Gasteiger partial charge is 0.524 e. The number of rotatable bonds is 7. The Kier molecular flexibility index (Phi) is 19.3. The monoisotopic (exact) mass is 534 g/mol. The minimum Gasteiger partial charge on any atom is -0.404 e. The topological polar surface area (TPSA) is 153 Å². The van der Waals surface area contributed by atoms with Crippen LogP contribution in [0.5, 0.6) is 5.75 Å². The predicted molar refractivity (Wildman–Crippen MR) is 142 cm³/mol. The van der Waals surface area contributed by atoms with Crippen LogP contribution < -0.4 is 16.0 Å². The Bertz CT molecular complexity index is 705. The molecule has 0 heterocycles. The molecule has 0 aromatic heterocycles. The summed E-state index contributed by atoms with van der Waals surface area (Å²) in [5.74, 6) is 0.228. The maximum Gasteiger partial charge on any atom is 0.524 e. The van der Waals surface area contributed by atoms with Gasteiger partial charge in [-0.05, 0) is 57.8 Å². The van der Waals surface area contributed by atoms with Crippen LogP contribution in [0.1, 0.15) is 47.6 Å². The normalized spacial score (nSPS) is 13.5. The Labute approximate surface area is 194 Å². The van der Waals surface area contributed by atoms with Crippen LogP contribution in [0.3, 0.4) is 0 Å². The van der Waals surface area contributed by atoms with Crippen LogP contribution >= 0.6 is 41.6 Å². The van der Waals surface area contributed by atoms with Gasteiger partial charge in [-0.25, -0.2) is 4.57 Å². The van der Waals surface area contributed by atoms with Crippen LogP contribution in [0.25, 0.3) is 0 Å². The summed E-state index contributed by atoms with van der Waals surface area (Å²) in [6.07, 6.45) is 0.380. The second-order valence-electron chi connectivity index (χ2n) is 7.09. The average molecular weight is 534 g/mol. The van der Waals surface area contributed by atoms with Crippen LogP contribution in [0, 0.1) is 5.92 Å². The van der Waals surface area contributed by atoms with Gasteiger partial charge < -0.3 is 16.0 Å². The van der Waals surface area contributed by atoms with Gasteiger partial charge in [-0.15, -0.1) is 26.8 Å². The summed E-state index contributed by atoms with van der Waals surface area (Å²) >= 11 is 0. The third kappa shape index (κ3) is 19.3. The van der Waals surface area contributed by atoms with E-state index in [1.807, 2.05) is 13.8 Å². The van der Waals surface area contributed by atoms with E-state index >= 15 is 0 Å². The van der Waals surface area contributed by atoms with Crippen molar-refractivity contribution < 1.29 is 28.5 Å². The Morgan fingerprint density at radius 1 is 1.16 bits per heavy atom. The summed E-state index contributed by atoms with van der Waals surface area (Å²) in [6, 6.07) is 5.48. The summed E-state index contributed by atoms with van der Waals surface area (Å²) in [7, 11) is 3.42. The molecule has 0 fully saturated rings. The fourth-order valence-electron chi connectivity index (χ4n) is 1.63.